The Hall–Kier alpha value is -2.06. The van der Waals surface area contributed by atoms with E-state index in [-0.39, 0.29) is 24.9 Å². The highest BCUT2D eigenvalue weighted by Gasteiger charge is 2.53. The zero-order valence-electron chi connectivity index (χ0n) is 16.4. The molecule has 1 N–H and O–H groups in total. The van der Waals surface area contributed by atoms with Gasteiger partial charge in [0.25, 0.3) is 0 Å². The topological polar surface area (TPSA) is 85.3 Å². The van der Waals surface area contributed by atoms with E-state index < -0.39 is 17.5 Å². The largest absolute Gasteiger partial charge is 0.493 e. The van der Waals surface area contributed by atoms with E-state index in [0.717, 1.165) is 15.6 Å². The van der Waals surface area contributed by atoms with Crippen molar-refractivity contribution < 1.29 is 28.9 Å². The third-order valence-corrected chi connectivity index (χ3v) is 6.87. The van der Waals surface area contributed by atoms with Gasteiger partial charge in [-0.15, -0.1) is 0 Å². The molecule has 1 aromatic carbocycles. The molecule has 29 heavy (non-hydrogen) atoms. The first-order valence-electron chi connectivity index (χ1n) is 9.68. The molecule has 0 aromatic heterocycles. The first kappa shape index (κ1) is 20.2. The first-order chi connectivity index (χ1) is 13.9. The maximum atomic E-state index is 12.8. The Kier molecular flexibility index (Phi) is 5.33. The normalized spacial score (nSPS) is 26.8. The van der Waals surface area contributed by atoms with Gasteiger partial charge in [0.05, 0.1) is 32.2 Å². The average Bonchev–Trinajstić information content (AvgIpc) is 2.93. The number of esters is 1. The highest BCUT2D eigenvalue weighted by atomic mass is 79.9. The number of aliphatic hydroxyl groups is 1. The zero-order valence-corrected chi connectivity index (χ0v) is 18.0. The van der Waals surface area contributed by atoms with Crippen LogP contribution < -0.4 is 9.47 Å². The highest BCUT2D eigenvalue weighted by Crippen LogP contribution is 2.57. The lowest BCUT2D eigenvalue weighted by atomic mass is 9.69. The van der Waals surface area contributed by atoms with E-state index in [9.17, 15) is 14.7 Å². The fourth-order valence-electron chi connectivity index (χ4n) is 4.64. The van der Waals surface area contributed by atoms with E-state index in [0.29, 0.717) is 37.4 Å². The SMILES string of the molecule is COC(=O)CCC(=O)N1CCC23C=CC(O)C[C@H]2Oc2c(OC)cc(Br)c(c23)C1. The monoisotopic (exact) mass is 465 g/mol. The number of halogens is 1. The molecule has 1 amide bonds. The molecule has 3 atom stereocenters. The number of hydrogen-bond donors (Lipinski definition) is 1. The van der Waals surface area contributed by atoms with Gasteiger partial charge < -0.3 is 24.2 Å². The number of amides is 1. The second kappa shape index (κ2) is 7.65. The number of ether oxygens (including phenoxy) is 3. The van der Waals surface area contributed by atoms with Crippen LogP contribution in [-0.4, -0.2) is 54.9 Å². The van der Waals surface area contributed by atoms with E-state index in [1.807, 2.05) is 18.2 Å². The van der Waals surface area contributed by atoms with Crippen LogP contribution in [0.15, 0.2) is 22.7 Å². The first-order valence-corrected chi connectivity index (χ1v) is 10.5. The lowest BCUT2D eigenvalue weighted by Crippen LogP contribution is -2.43. The van der Waals surface area contributed by atoms with Crippen LogP contribution in [0, 0.1) is 0 Å². The molecule has 0 bridgehead atoms. The Morgan fingerprint density at radius 1 is 1.38 bits per heavy atom. The van der Waals surface area contributed by atoms with Gasteiger partial charge in [-0.05, 0) is 18.1 Å². The van der Waals surface area contributed by atoms with Gasteiger partial charge in [-0.2, -0.15) is 0 Å². The molecule has 2 unspecified atom stereocenters. The van der Waals surface area contributed by atoms with Gasteiger partial charge in [-0.1, -0.05) is 28.1 Å². The molecule has 1 spiro atoms. The molecule has 1 aliphatic carbocycles. The van der Waals surface area contributed by atoms with Gasteiger partial charge in [0.2, 0.25) is 5.91 Å². The summed E-state index contributed by atoms with van der Waals surface area (Å²) in [7, 11) is 2.92. The van der Waals surface area contributed by atoms with Crippen molar-refractivity contribution >= 4 is 27.8 Å². The van der Waals surface area contributed by atoms with Crippen LogP contribution >= 0.6 is 15.9 Å². The van der Waals surface area contributed by atoms with Gasteiger partial charge in [0.1, 0.15) is 6.10 Å². The molecular weight excluding hydrogens is 442 g/mol. The molecule has 7 nitrogen and oxygen atoms in total. The van der Waals surface area contributed by atoms with E-state index in [2.05, 4.69) is 20.7 Å². The quantitative estimate of drug-likeness (QED) is 0.542. The molecule has 8 heteroatoms. The molecule has 4 rings (SSSR count). The van der Waals surface area contributed by atoms with Gasteiger partial charge in [0.15, 0.2) is 11.5 Å². The maximum absolute atomic E-state index is 12.8. The van der Waals surface area contributed by atoms with Gasteiger partial charge in [-0.25, -0.2) is 0 Å². The van der Waals surface area contributed by atoms with Gasteiger partial charge >= 0.3 is 5.97 Å². The molecular formula is C21H24BrNO6. The molecule has 0 fully saturated rings. The van der Waals surface area contributed by atoms with Crippen molar-refractivity contribution in [2.75, 3.05) is 20.8 Å². The van der Waals surface area contributed by atoms with E-state index >= 15 is 0 Å². The summed E-state index contributed by atoms with van der Waals surface area (Å²) < 4.78 is 17.4. The smallest absolute Gasteiger partial charge is 0.306 e. The van der Waals surface area contributed by atoms with Crippen molar-refractivity contribution in [3.05, 3.63) is 33.8 Å². The number of benzene rings is 1. The predicted molar refractivity (Wildman–Crippen MR) is 108 cm³/mol. The van der Waals surface area contributed by atoms with Crippen molar-refractivity contribution in [1.82, 2.24) is 4.90 Å². The maximum Gasteiger partial charge on any atom is 0.306 e. The van der Waals surface area contributed by atoms with Crippen LogP contribution in [0.1, 0.15) is 36.8 Å². The number of methoxy groups -OCH3 is 2. The molecule has 1 aromatic rings. The molecule has 0 saturated carbocycles. The average molecular weight is 466 g/mol. The number of carbonyl (C=O) groups excluding carboxylic acids is 2. The minimum absolute atomic E-state index is 0.0662. The molecule has 0 radical (unpaired) electrons. The predicted octanol–water partition coefficient (Wildman–Crippen LogP) is 2.46. The summed E-state index contributed by atoms with van der Waals surface area (Å²) in [4.78, 5) is 26.1. The number of hydrogen-bond acceptors (Lipinski definition) is 6. The third kappa shape index (κ3) is 3.32. The van der Waals surface area contributed by atoms with Gasteiger partial charge in [0, 0.05) is 36.0 Å². The van der Waals surface area contributed by atoms with Crippen molar-refractivity contribution in [2.24, 2.45) is 0 Å². The summed E-state index contributed by atoms with van der Waals surface area (Å²) in [6, 6.07) is 1.86. The summed E-state index contributed by atoms with van der Waals surface area (Å²) in [6.07, 6.45) is 4.42. The van der Waals surface area contributed by atoms with Crippen LogP contribution in [0.3, 0.4) is 0 Å². The van der Waals surface area contributed by atoms with Crippen LogP contribution in [-0.2, 0) is 26.3 Å². The minimum Gasteiger partial charge on any atom is -0.493 e. The zero-order chi connectivity index (χ0) is 20.8. The number of nitrogens with zero attached hydrogens (tertiary/aromatic N) is 1. The second-order valence-corrected chi connectivity index (χ2v) is 8.55. The number of rotatable bonds is 4. The van der Waals surface area contributed by atoms with Crippen LogP contribution in [0.5, 0.6) is 11.5 Å². The Morgan fingerprint density at radius 2 is 2.17 bits per heavy atom. The van der Waals surface area contributed by atoms with E-state index in [4.69, 9.17) is 9.47 Å². The number of carbonyl (C=O) groups is 2. The molecule has 2 aliphatic heterocycles. The molecule has 156 valence electrons. The number of aliphatic hydroxyl groups excluding tert-OH is 1. The Bertz CT molecular complexity index is 884. The van der Waals surface area contributed by atoms with Crippen LogP contribution in [0.2, 0.25) is 0 Å². The highest BCUT2D eigenvalue weighted by molar-refractivity contribution is 9.10. The summed E-state index contributed by atoms with van der Waals surface area (Å²) in [5, 5.41) is 10.2. The Morgan fingerprint density at radius 3 is 2.90 bits per heavy atom. The van der Waals surface area contributed by atoms with Crippen molar-refractivity contribution in [2.45, 2.75) is 49.9 Å². The lowest BCUT2D eigenvalue weighted by molar-refractivity contribution is -0.143. The van der Waals surface area contributed by atoms with E-state index in [1.54, 1.807) is 12.0 Å². The summed E-state index contributed by atoms with van der Waals surface area (Å²) in [5.41, 5.74) is 1.59. The Balaban J connectivity index is 1.74. The second-order valence-electron chi connectivity index (χ2n) is 7.69. The molecule has 0 saturated heterocycles. The van der Waals surface area contributed by atoms with Crippen molar-refractivity contribution in [3.63, 3.8) is 0 Å². The summed E-state index contributed by atoms with van der Waals surface area (Å²) >= 11 is 3.65. The fraction of sp³-hybridized carbons (Fsp3) is 0.524. The minimum atomic E-state index is -0.557. The Labute approximate surface area is 177 Å². The van der Waals surface area contributed by atoms with Crippen molar-refractivity contribution in [1.29, 1.82) is 0 Å². The molecule has 3 aliphatic rings. The lowest BCUT2D eigenvalue weighted by Gasteiger charge is -2.35. The summed E-state index contributed by atoms with van der Waals surface area (Å²) in [6.45, 7) is 0.949. The van der Waals surface area contributed by atoms with Crippen LogP contribution in [0.25, 0.3) is 0 Å². The fourth-order valence-corrected chi connectivity index (χ4v) is 5.17. The standard InChI is InChI=1S/C21H24BrNO6/c1-27-15-10-14(22)13-11-23(17(25)3-4-18(26)28-2)8-7-21-6-5-12(24)9-16(21)29-20(15)19(13)21/h5-6,10,12,16,24H,3-4,7-9,11H2,1-2H3/t12?,16-,21?/m1/s1. The van der Waals surface area contributed by atoms with E-state index in [1.165, 1.54) is 7.11 Å². The molecule has 2 heterocycles. The van der Waals surface area contributed by atoms with Crippen LogP contribution in [0.4, 0.5) is 0 Å². The van der Waals surface area contributed by atoms with Gasteiger partial charge in [-0.3, -0.25) is 9.59 Å². The third-order valence-electron chi connectivity index (χ3n) is 6.16. The summed E-state index contributed by atoms with van der Waals surface area (Å²) in [5.74, 6) is 0.855. The van der Waals surface area contributed by atoms with Crippen molar-refractivity contribution in [3.8, 4) is 11.5 Å².